The van der Waals surface area contributed by atoms with Gasteiger partial charge in [-0.2, -0.15) is 0 Å². The first kappa shape index (κ1) is 19.7. The minimum absolute atomic E-state index is 0.203. The van der Waals surface area contributed by atoms with Crippen LogP contribution in [0, 0.1) is 5.41 Å². The standard InChI is InChI=1S/C18H32BFO4/c1-6-7-12-22-15(21)18(13-20)10-8-14(9-11-18)19-23-16(2,3)17(4,5)24-19/h14H,6-13H2,1-5H3. The van der Waals surface area contributed by atoms with Gasteiger partial charge in [0.25, 0.3) is 0 Å². The van der Waals surface area contributed by atoms with Crippen molar-refractivity contribution in [1.82, 2.24) is 0 Å². The smallest absolute Gasteiger partial charge is 0.461 e. The van der Waals surface area contributed by atoms with Crippen molar-refractivity contribution < 1.29 is 23.2 Å². The molecule has 0 atom stereocenters. The van der Waals surface area contributed by atoms with E-state index >= 15 is 0 Å². The van der Waals surface area contributed by atoms with Crippen molar-refractivity contribution in [1.29, 1.82) is 0 Å². The molecule has 0 radical (unpaired) electrons. The van der Waals surface area contributed by atoms with Gasteiger partial charge in [0.2, 0.25) is 0 Å². The third-order valence-corrected chi connectivity index (χ3v) is 6.06. The summed E-state index contributed by atoms with van der Waals surface area (Å²) in [6, 6.07) is 0. The normalized spacial score (nSPS) is 31.9. The van der Waals surface area contributed by atoms with Crippen molar-refractivity contribution in [3.63, 3.8) is 0 Å². The van der Waals surface area contributed by atoms with Crippen molar-refractivity contribution in [2.24, 2.45) is 5.41 Å². The molecule has 1 saturated carbocycles. The molecular weight excluding hydrogens is 310 g/mol. The monoisotopic (exact) mass is 342 g/mol. The fourth-order valence-electron chi connectivity index (χ4n) is 3.40. The van der Waals surface area contributed by atoms with Crippen LogP contribution in [-0.2, 0) is 18.8 Å². The van der Waals surface area contributed by atoms with Crippen LogP contribution in [-0.4, -0.2) is 37.6 Å². The molecule has 0 spiro atoms. The number of hydrogen-bond acceptors (Lipinski definition) is 4. The first-order valence-electron chi connectivity index (χ1n) is 9.26. The lowest BCUT2D eigenvalue weighted by atomic mass is 9.59. The molecule has 6 heteroatoms. The minimum atomic E-state index is -0.964. The molecule has 0 N–H and O–H groups in total. The fourth-order valence-corrected chi connectivity index (χ4v) is 3.40. The number of carbonyl (C=O) groups is 1. The van der Waals surface area contributed by atoms with Crippen LogP contribution in [0.5, 0.6) is 0 Å². The number of hydrogen-bond donors (Lipinski definition) is 0. The Morgan fingerprint density at radius 1 is 1.17 bits per heavy atom. The number of ether oxygens (including phenoxy) is 1. The van der Waals surface area contributed by atoms with Crippen molar-refractivity contribution in [2.45, 2.75) is 90.2 Å². The van der Waals surface area contributed by atoms with Gasteiger partial charge in [0.05, 0.1) is 23.2 Å². The van der Waals surface area contributed by atoms with Crippen molar-refractivity contribution in [3.8, 4) is 0 Å². The maximum absolute atomic E-state index is 13.7. The summed E-state index contributed by atoms with van der Waals surface area (Å²) in [5.41, 5.74) is -1.68. The molecule has 1 aliphatic carbocycles. The zero-order chi connectivity index (χ0) is 18.0. The zero-order valence-corrected chi connectivity index (χ0v) is 15.8. The summed E-state index contributed by atoms with van der Waals surface area (Å²) in [6.45, 7) is 9.92. The number of unbranched alkanes of at least 4 members (excludes halogenated alkanes) is 1. The van der Waals surface area contributed by atoms with E-state index in [9.17, 15) is 9.18 Å². The lowest BCUT2D eigenvalue weighted by Gasteiger charge is -2.36. The third kappa shape index (κ3) is 3.80. The number of halogens is 1. The first-order valence-corrected chi connectivity index (χ1v) is 9.26. The highest BCUT2D eigenvalue weighted by Crippen LogP contribution is 2.48. The molecule has 138 valence electrons. The molecule has 0 bridgehead atoms. The van der Waals surface area contributed by atoms with Gasteiger partial charge in [-0.05, 0) is 52.8 Å². The van der Waals surface area contributed by atoms with Crippen LogP contribution in [0.1, 0.15) is 73.1 Å². The molecule has 4 nitrogen and oxygen atoms in total. The Morgan fingerprint density at radius 2 is 1.71 bits per heavy atom. The second kappa shape index (κ2) is 7.32. The molecule has 0 aromatic heterocycles. The molecule has 1 aliphatic heterocycles. The van der Waals surface area contributed by atoms with Gasteiger partial charge in [-0.25, -0.2) is 4.39 Å². The number of carbonyl (C=O) groups excluding carboxylic acids is 1. The maximum atomic E-state index is 13.7. The Kier molecular flexibility index (Phi) is 6.01. The predicted octanol–water partition coefficient (Wildman–Crippen LogP) is 4.32. The highest BCUT2D eigenvalue weighted by molar-refractivity contribution is 6.47. The average Bonchev–Trinajstić information content (AvgIpc) is 2.75. The molecule has 2 fully saturated rings. The van der Waals surface area contributed by atoms with Gasteiger partial charge in [0, 0.05) is 0 Å². The summed E-state index contributed by atoms with van der Waals surface area (Å²) in [4.78, 5) is 12.3. The molecule has 24 heavy (non-hydrogen) atoms. The Balaban J connectivity index is 1.93. The van der Waals surface area contributed by atoms with Crippen LogP contribution in [0.4, 0.5) is 4.39 Å². The number of rotatable bonds is 6. The van der Waals surface area contributed by atoms with E-state index in [0.29, 0.717) is 19.4 Å². The van der Waals surface area contributed by atoms with Gasteiger partial charge in [0.1, 0.15) is 6.67 Å². The summed E-state index contributed by atoms with van der Waals surface area (Å²) in [7, 11) is -0.274. The van der Waals surface area contributed by atoms with E-state index in [2.05, 4.69) is 0 Å². The van der Waals surface area contributed by atoms with Crippen LogP contribution in [0.25, 0.3) is 0 Å². The van der Waals surface area contributed by atoms with Crippen molar-refractivity contribution in [2.75, 3.05) is 13.3 Å². The topological polar surface area (TPSA) is 44.8 Å². The zero-order valence-electron chi connectivity index (χ0n) is 15.8. The van der Waals surface area contributed by atoms with Gasteiger partial charge in [-0.3, -0.25) is 4.79 Å². The lowest BCUT2D eigenvalue weighted by molar-refractivity contribution is -0.159. The van der Waals surface area contributed by atoms with Gasteiger partial charge in [0.15, 0.2) is 0 Å². The second-order valence-corrected chi connectivity index (χ2v) is 8.37. The highest BCUT2D eigenvalue weighted by Gasteiger charge is 2.55. The summed E-state index contributed by atoms with van der Waals surface area (Å²) < 4.78 is 31.2. The summed E-state index contributed by atoms with van der Waals surface area (Å²) in [6.07, 6.45) is 4.24. The van der Waals surface area contributed by atoms with Crippen LogP contribution in [0.3, 0.4) is 0 Å². The summed E-state index contributed by atoms with van der Waals surface area (Å²) in [5.74, 6) is -0.167. The Labute approximate surface area is 145 Å². The number of esters is 1. The summed E-state index contributed by atoms with van der Waals surface area (Å²) in [5, 5.41) is 0. The molecule has 0 aromatic rings. The van der Waals surface area contributed by atoms with Gasteiger partial charge < -0.3 is 14.0 Å². The molecule has 0 aromatic carbocycles. The molecule has 0 amide bonds. The van der Waals surface area contributed by atoms with Gasteiger partial charge in [-0.1, -0.05) is 26.2 Å². The largest absolute Gasteiger partial charge is 0.465 e. The van der Waals surface area contributed by atoms with Crippen molar-refractivity contribution >= 4 is 13.1 Å². The molecule has 1 saturated heterocycles. The quantitative estimate of drug-likeness (QED) is 0.410. The average molecular weight is 342 g/mol. The van der Waals surface area contributed by atoms with E-state index in [1.165, 1.54) is 0 Å². The first-order chi connectivity index (χ1) is 11.2. The Hall–Kier alpha value is -0.615. The predicted molar refractivity (Wildman–Crippen MR) is 92.6 cm³/mol. The van der Waals surface area contributed by atoms with Gasteiger partial charge >= 0.3 is 13.1 Å². The molecular formula is C18H32BFO4. The molecule has 0 unspecified atom stereocenters. The van der Waals surface area contributed by atoms with Crippen LogP contribution < -0.4 is 0 Å². The van der Waals surface area contributed by atoms with Crippen LogP contribution >= 0.6 is 0 Å². The van der Waals surface area contributed by atoms with E-state index in [-0.39, 0.29) is 30.1 Å². The van der Waals surface area contributed by atoms with Crippen LogP contribution in [0.2, 0.25) is 5.82 Å². The third-order valence-electron chi connectivity index (χ3n) is 6.06. The van der Waals surface area contributed by atoms with E-state index in [4.69, 9.17) is 14.0 Å². The van der Waals surface area contributed by atoms with Crippen molar-refractivity contribution in [3.05, 3.63) is 0 Å². The Bertz CT molecular complexity index is 428. The lowest BCUT2D eigenvalue weighted by Crippen LogP contribution is -2.41. The number of alkyl halides is 1. The van der Waals surface area contributed by atoms with E-state index in [1.54, 1.807) is 0 Å². The highest BCUT2D eigenvalue weighted by atomic mass is 19.1. The second-order valence-electron chi connectivity index (χ2n) is 8.37. The van der Waals surface area contributed by atoms with E-state index in [0.717, 1.165) is 25.7 Å². The molecule has 2 aliphatic rings. The Morgan fingerprint density at radius 3 is 2.17 bits per heavy atom. The fraction of sp³-hybridized carbons (Fsp3) is 0.944. The van der Waals surface area contributed by atoms with Gasteiger partial charge in [-0.15, -0.1) is 0 Å². The van der Waals surface area contributed by atoms with E-state index < -0.39 is 12.1 Å². The molecule has 1 heterocycles. The van der Waals surface area contributed by atoms with Crippen LogP contribution in [0.15, 0.2) is 0 Å². The minimum Gasteiger partial charge on any atom is -0.465 e. The molecule has 2 rings (SSSR count). The van der Waals surface area contributed by atoms with E-state index in [1.807, 2.05) is 34.6 Å². The summed E-state index contributed by atoms with van der Waals surface area (Å²) >= 11 is 0. The SMILES string of the molecule is CCCCOC(=O)C1(CF)CCC(B2OC(C)(C)C(C)(C)O2)CC1. The maximum Gasteiger partial charge on any atom is 0.461 e.